The number of aromatic hydroxyl groups is 1. The molecular formula is C44H35N3O2. The predicted octanol–water partition coefficient (Wildman–Crippen LogP) is 11.1. The third kappa shape index (κ3) is 4.39. The fourth-order valence-corrected chi connectivity index (χ4v) is 7.50. The second kappa shape index (κ2) is 10.5. The Balaban J connectivity index is 1.22. The number of nitrogens with zero attached hydrogens (tertiary/aromatic N) is 3. The number of benzene rings is 5. The molecule has 5 aromatic carbocycles. The molecular weight excluding hydrogens is 603 g/mol. The maximum Gasteiger partial charge on any atom is 0.145 e. The van der Waals surface area contributed by atoms with Crippen molar-refractivity contribution in [3.8, 4) is 56.6 Å². The quantitative estimate of drug-likeness (QED) is 0.209. The first-order chi connectivity index (χ1) is 23.7. The van der Waals surface area contributed by atoms with Crippen LogP contribution in [0.3, 0.4) is 0 Å². The van der Waals surface area contributed by atoms with Crippen LogP contribution in [0.15, 0.2) is 138 Å². The normalized spacial score (nSPS) is 14.5. The monoisotopic (exact) mass is 637 g/mol. The molecule has 0 saturated heterocycles. The lowest BCUT2D eigenvalue weighted by Gasteiger charge is -2.47. The van der Waals surface area contributed by atoms with Gasteiger partial charge < -0.3 is 9.52 Å². The Hall–Kier alpha value is -5.94. The smallest absolute Gasteiger partial charge is 0.145 e. The minimum Gasteiger partial charge on any atom is -0.507 e. The van der Waals surface area contributed by atoms with Gasteiger partial charge in [0, 0.05) is 39.2 Å². The average molecular weight is 638 g/mol. The molecule has 3 heterocycles. The summed E-state index contributed by atoms with van der Waals surface area (Å²) < 4.78 is 8.42. The molecule has 0 unspecified atom stereocenters. The van der Waals surface area contributed by atoms with Crippen LogP contribution in [0, 0.1) is 0 Å². The van der Waals surface area contributed by atoms with Crippen LogP contribution in [-0.2, 0) is 10.8 Å². The summed E-state index contributed by atoms with van der Waals surface area (Å²) in [6.07, 6.45) is 2.06. The molecule has 0 atom stereocenters. The summed E-state index contributed by atoms with van der Waals surface area (Å²) in [4.78, 5) is 10.5. The van der Waals surface area contributed by atoms with Gasteiger partial charge in [-0.2, -0.15) is 0 Å². The van der Waals surface area contributed by atoms with Crippen LogP contribution in [0.5, 0.6) is 5.75 Å². The number of rotatable bonds is 4. The number of hydrogen-bond donors (Lipinski definition) is 1. The Kier molecular flexibility index (Phi) is 6.28. The van der Waals surface area contributed by atoms with Gasteiger partial charge in [-0.15, -0.1) is 0 Å². The minimum atomic E-state index is -0.216. The summed E-state index contributed by atoms with van der Waals surface area (Å²) in [6.45, 7) is 9.03. The van der Waals surface area contributed by atoms with Crippen molar-refractivity contribution < 1.29 is 9.52 Å². The van der Waals surface area contributed by atoms with Crippen molar-refractivity contribution in [3.63, 3.8) is 0 Å². The molecule has 0 amide bonds. The number of imidazole rings is 1. The maximum atomic E-state index is 11.2. The molecule has 1 aliphatic carbocycles. The van der Waals surface area contributed by atoms with Crippen molar-refractivity contribution in [2.45, 2.75) is 38.5 Å². The van der Waals surface area contributed by atoms with Gasteiger partial charge in [0.1, 0.15) is 28.4 Å². The third-order valence-corrected chi connectivity index (χ3v) is 10.9. The van der Waals surface area contributed by atoms with E-state index >= 15 is 0 Å². The lowest BCUT2D eigenvalue weighted by Crippen LogP contribution is -2.43. The number of pyridine rings is 1. The lowest BCUT2D eigenvalue weighted by molar-refractivity contribution is 0.296. The summed E-state index contributed by atoms with van der Waals surface area (Å²) in [7, 11) is 0. The molecule has 8 aromatic rings. The number of para-hydroxylation sites is 1. The first-order valence-corrected chi connectivity index (χ1v) is 16.7. The van der Waals surface area contributed by atoms with E-state index in [0.717, 1.165) is 78.3 Å². The third-order valence-electron chi connectivity index (χ3n) is 10.9. The second-order valence-corrected chi connectivity index (χ2v) is 14.1. The number of phenolic OH excluding ortho intramolecular Hbond substituents is 1. The van der Waals surface area contributed by atoms with Gasteiger partial charge in [0.05, 0.1) is 11.4 Å². The van der Waals surface area contributed by atoms with Crippen LogP contribution in [0.1, 0.15) is 38.8 Å². The van der Waals surface area contributed by atoms with Crippen LogP contribution in [0.25, 0.3) is 72.8 Å². The highest BCUT2D eigenvalue weighted by atomic mass is 16.3. The molecule has 238 valence electrons. The molecule has 1 N–H and O–H groups in total. The first-order valence-electron chi connectivity index (χ1n) is 16.7. The fraction of sp³-hybridized carbons (Fsp3) is 0.136. The number of aromatic nitrogens is 3. The van der Waals surface area contributed by atoms with Gasteiger partial charge in [-0.3, -0.25) is 4.57 Å². The Bertz CT molecular complexity index is 2560. The zero-order chi connectivity index (χ0) is 33.5. The van der Waals surface area contributed by atoms with Crippen LogP contribution in [0.4, 0.5) is 0 Å². The summed E-state index contributed by atoms with van der Waals surface area (Å²) in [5.74, 6) is 1.06. The van der Waals surface area contributed by atoms with E-state index in [1.165, 1.54) is 5.56 Å². The van der Waals surface area contributed by atoms with Crippen molar-refractivity contribution in [2.75, 3.05) is 0 Å². The van der Waals surface area contributed by atoms with Crippen LogP contribution in [-0.4, -0.2) is 19.6 Å². The topological polar surface area (TPSA) is 64.1 Å². The van der Waals surface area contributed by atoms with Gasteiger partial charge in [-0.1, -0.05) is 100 Å². The standard InChI is InChI=1S/C44H35N3O2/c1-43(2)33-16-11-17-37(48)40(33)41-34(44(43,3)4)20-21-35(45-41)36-26-47(30-14-9-6-10-15-30)42(46-36)29-19-23-39-32(25-29)31-24-28(18-22-38(31)49-39)27-12-7-5-8-13-27/h5-26,48H,1-4H3. The minimum absolute atomic E-state index is 0.211. The summed E-state index contributed by atoms with van der Waals surface area (Å²) in [5.41, 5.74) is 10.9. The highest BCUT2D eigenvalue weighted by molar-refractivity contribution is 6.07. The number of fused-ring (bicyclic) bond motifs is 6. The van der Waals surface area contributed by atoms with Gasteiger partial charge >= 0.3 is 0 Å². The van der Waals surface area contributed by atoms with Crippen molar-refractivity contribution in [2.24, 2.45) is 0 Å². The second-order valence-electron chi connectivity index (χ2n) is 14.1. The van der Waals surface area contributed by atoms with Crippen molar-refractivity contribution >= 4 is 21.9 Å². The molecule has 5 heteroatoms. The molecule has 49 heavy (non-hydrogen) atoms. The molecule has 1 aliphatic rings. The summed E-state index contributed by atoms with van der Waals surface area (Å²) in [6, 6.07) is 43.4. The summed E-state index contributed by atoms with van der Waals surface area (Å²) in [5, 5.41) is 13.3. The molecule has 3 aromatic heterocycles. The SMILES string of the molecule is CC1(C)c2ccc(-c3cn(-c4ccccc4)c(-c4ccc5oc6ccc(-c7ccccc7)cc6c5c4)n3)nc2-c2c(O)cccc2C1(C)C. The number of phenols is 1. The maximum absolute atomic E-state index is 11.2. The zero-order valence-corrected chi connectivity index (χ0v) is 27.9. The fourth-order valence-electron chi connectivity index (χ4n) is 7.50. The van der Waals surface area contributed by atoms with Crippen molar-refractivity contribution in [3.05, 3.63) is 145 Å². The van der Waals surface area contributed by atoms with Crippen molar-refractivity contribution in [1.82, 2.24) is 14.5 Å². The highest BCUT2D eigenvalue weighted by Gasteiger charge is 2.47. The van der Waals surface area contributed by atoms with Crippen molar-refractivity contribution in [1.29, 1.82) is 0 Å². The Labute approximate surface area is 285 Å². The van der Waals surface area contributed by atoms with Gasteiger partial charge in [0.25, 0.3) is 0 Å². The van der Waals surface area contributed by atoms with E-state index in [2.05, 4.69) is 123 Å². The Morgan fingerprint density at radius 2 is 1.22 bits per heavy atom. The average Bonchev–Trinajstić information content (AvgIpc) is 3.73. The Morgan fingerprint density at radius 3 is 1.96 bits per heavy atom. The highest BCUT2D eigenvalue weighted by Crippen LogP contribution is 2.55. The van der Waals surface area contributed by atoms with Gasteiger partial charge in [-0.25, -0.2) is 9.97 Å². The van der Waals surface area contributed by atoms with E-state index in [0.29, 0.717) is 0 Å². The largest absolute Gasteiger partial charge is 0.507 e. The lowest BCUT2D eigenvalue weighted by atomic mass is 9.56. The zero-order valence-electron chi connectivity index (χ0n) is 27.9. The molecule has 0 bridgehead atoms. The molecule has 0 radical (unpaired) electrons. The van der Waals surface area contributed by atoms with E-state index in [1.54, 1.807) is 6.07 Å². The predicted molar refractivity (Wildman–Crippen MR) is 198 cm³/mol. The van der Waals surface area contributed by atoms with E-state index < -0.39 is 0 Å². The molecule has 0 saturated carbocycles. The van der Waals surface area contributed by atoms with E-state index in [9.17, 15) is 5.11 Å². The number of hydrogen-bond acceptors (Lipinski definition) is 4. The van der Waals surface area contributed by atoms with Crippen LogP contribution in [0.2, 0.25) is 0 Å². The van der Waals surface area contributed by atoms with E-state index in [1.807, 2.05) is 36.4 Å². The van der Waals surface area contributed by atoms with Gasteiger partial charge in [0.15, 0.2) is 0 Å². The molecule has 5 nitrogen and oxygen atoms in total. The van der Waals surface area contributed by atoms with E-state index in [4.69, 9.17) is 14.4 Å². The molecule has 0 fully saturated rings. The Morgan fingerprint density at radius 1 is 0.571 bits per heavy atom. The van der Waals surface area contributed by atoms with Crippen LogP contribution < -0.4 is 0 Å². The molecule has 9 rings (SSSR count). The van der Waals surface area contributed by atoms with Gasteiger partial charge in [-0.05, 0) is 82.3 Å². The van der Waals surface area contributed by atoms with Crippen LogP contribution >= 0.6 is 0 Å². The first kappa shape index (κ1) is 29.2. The molecule has 0 spiro atoms. The molecule has 0 aliphatic heterocycles. The van der Waals surface area contributed by atoms with Gasteiger partial charge in [0.2, 0.25) is 0 Å². The number of furan rings is 1. The van der Waals surface area contributed by atoms with E-state index in [-0.39, 0.29) is 16.6 Å². The summed E-state index contributed by atoms with van der Waals surface area (Å²) >= 11 is 0.